The molecule has 0 saturated heterocycles. The zero-order valence-corrected chi connectivity index (χ0v) is 11.7. The van der Waals surface area contributed by atoms with E-state index in [0.29, 0.717) is 35.8 Å². The molecule has 1 aromatic carbocycles. The Morgan fingerprint density at radius 1 is 1.35 bits per heavy atom. The number of hydrogen-bond donors (Lipinski definition) is 2. The van der Waals surface area contributed by atoms with Crippen LogP contribution in [0.5, 0.6) is 0 Å². The molecule has 1 heterocycles. The maximum absolute atomic E-state index is 12.3. The number of nitrogens with one attached hydrogen (secondary N) is 1. The summed E-state index contributed by atoms with van der Waals surface area (Å²) in [6.45, 7) is 1.37. The highest BCUT2D eigenvalue weighted by atomic mass is 35.5. The number of nitrogens with zero attached hydrogens (tertiary/aromatic N) is 1. The first-order valence-electron chi connectivity index (χ1n) is 6.64. The van der Waals surface area contributed by atoms with Gasteiger partial charge in [-0.1, -0.05) is 23.7 Å². The average Bonchev–Trinajstić information content (AvgIpc) is 2.91. The third-order valence-electron chi connectivity index (χ3n) is 3.67. The molecule has 20 heavy (non-hydrogen) atoms. The van der Waals surface area contributed by atoms with Gasteiger partial charge in [-0.05, 0) is 23.6 Å². The van der Waals surface area contributed by atoms with Crippen molar-refractivity contribution >= 4 is 23.2 Å². The zero-order chi connectivity index (χ0) is 14.1. The lowest BCUT2D eigenvalue weighted by Crippen LogP contribution is -2.30. The molecule has 0 radical (unpaired) electrons. The highest BCUT2D eigenvalue weighted by Crippen LogP contribution is 2.34. The van der Waals surface area contributed by atoms with Gasteiger partial charge in [0.1, 0.15) is 11.6 Å². The molecule has 0 amide bonds. The predicted molar refractivity (Wildman–Crippen MR) is 78.4 cm³/mol. The highest BCUT2D eigenvalue weighted by Gasteiger charge is 2.32. The number of carbonyl (C=O) groups is 1. The number of allylic oxidation sites excluding steroid dienone is 1. The lowest BCUT2D eigenvalue weighted by atomic mass is 9.82. The summed E-state index contributed by atoms with van der Waals surface area (Å²) in [6, 6.07) is 7.45. The molecule has 1 unspecified atom stereocenters. The summed E-state index contributed by atoms with van der Waals surface area (Å²) in [7, 11) is 0. The van der Waals surface area contributed by atoms with E-state index in [-0.39, 0.29) is 17.5 Å². The topological polar surface area (TPSA) is 61.7 Å². The molecule has 1 atom stereocenters. The molecule has 0 saturated carbocycles. The summed E-state index contributed by atoms with van der Waals surface area (Å²) in [4.78, 5) is 16.5. The Bertz CT molecular complexity index is 622. The minimum atomic E-state index is -0.0631. The van der Waals surface area contributed by atoms with Crippen molar-refractivity contribution in [3.8, 4) is 0 Å². The molecular weight excluding hydrogens is 276 g/mol. The molecule has 2 aliphatic rings. The van der Waals surface area contributed by atoms with Gasteiger partial charge in [0.05, 0.1) is 12.1 Å². The predicted octanol–water partition coefficient (Wildman–Crippen LogP) is 2.60. The monoisotopic (exact) mass is 290 g/mol. The fourth-order valence-corrected chi connectivity index (χ4v) is 2.92. The third kappa shape index (κ3) is 2.43. The smallest absolute Gasteiger partial charge is 0.170 e. The number of aliphatic hydroxyl groups is 1. The third-order valence-corrected chi connectivity index (χ3v) is 3.91. The minimum Gasteiger partial charge on any atom is -0.511 e. The van der Waals surface area contributed by atoms with Crippen LogP contribution < -0.4 is 5.32 Å². The van der Waals surface area contributed by atoms with Crippen molar-refractivity contribution in [2.75, 3.05) is 13.1 Å². The number of halogens is 1. The van der Waals surface area contributed by atoms with Crippen LogP contribution in [0.3, 0.4) is 0 Å². The van der Waals surface area contributed by atoms with E-state index >= 15 is 0 Å². The van der Waals surface area contributed by atoms with Crippen LogP contribution in [0.2, 0.25) is 5.02 Å². The molecule has 1 aliphatic carbocycles. The lowest BCUT2D eigenvalue weighted by Gasteiger charge is -2.24. The fraction of sp³-hybridized carbons (Fsp3) is 0.333. The number of aliphatic hydroxyl groups excluding tert-OH is 1. The van der Waals surface area contributed by atoms with Gasteiger partial charge in [-0.3, -0.25) is 9.79 Å². The van der Waals surface area contributed by atoms with Crippen LogP contribution in [0, 0.1) is 0 Å². The van der Waals surface area contributed by atoms with Crippen molar-refractivity contribution in [3.63, 3.8) is 0 Å². The van der Waals surface area contributed by atoms with Crippen LogP contribution in [0.25, 0.3) is 0 Å². The van der Waals surface area contributed by atoms with Crippen molar-refractivity contribution in [1.29, 1.82) is 0 Å². The van der Waals surface area contributed by atoms with E-state index in [4.69, 9.17) is 11.6 Å². The normalized spacial score (nSPS) is 22.8. The quantitative estimate of drug-likeness (QED) is 0.880. The molecule has 0 spiro atoms. The molecule has 4 nitrogen and oxygen atoms in total. The van der Waals surface area contributed by atoms with Gasteiger partial charge in [0.15, 0.2) is 5.78 Å². The summed E-state index contributed by atoms with van der Waals surface area (Å²) < 4.78 is 0. The molecule has 1 aromatic rings. The molecule has 0 fully saturated rings. The van der Waals surface area contributed by atoms with Gasteiger partial charge in [-0.25, -0.2) is 0 Å². The second-order valence-electron chi connectivity index (χ2n) is 5.06. The number of amidine groups is 1. The zero-order valence-electron chi connectivity index (χ0n) is 10.9. The minimum absolute atomic E-state index is 0.0213. The number of carbonyl (C=O) groups excluding carboxylic acids is 1. The van der Waals surface area contributed by atoms with Gasteiger partial charge in [-0.15, -0.1) is 0 Å². The van der Waals surface area contributed by atoms with Gasteiger partial charge in [0.25, 0.3) is 0 Å². The summed E-state index contributed by atoms with van der Waals surface area (Å²) >= 11 is 5.98. The van der Waals surface area contributed by atoms with Crippen molar-refractivity contribution in [1.82, 2.24) is 5.32 Å². The Balaban J connectivity index is 1.89. The number of benzene rings is 1. The van der Waals surface area contributed by atoms with Gasteiger partial charge >= 0.3 is 0 Å². The summed E-state index contributed by atoms with van der Waals surface area (Å²) in [5.74, 6) is 0.579. The van der Waals surface area contributed by atoms with Crippen LogP contribution in [0.15, 0.2) is 40.6 Å². The van der Waals surface area contributed by atoms with E-state index in [1.807, 2.05) is 18.2 Å². The maximum atomic E-state index is 12.3. The lowest BCUT2D eigenvalue weighted by molar-refractivity contribution is -0.116. The van der Waals surface area contributed by atoms with Crippen LogP contribution in [0.4, 0.5) is 0 Å². The number of rotatable bonds is 2. The first-order valence-corrected chi connectivity index (χ1v) is 7.02. The van der Waals surface area contributed by atoms with E-state index in [1.165, 1.54) is 0 Å². The first-order chi connectivity index (χ1) is 9.65. The molecular formula is C15H15ClN2O2. The molecule has 2 N–H and O–H groups in total. The van der Waals surface area contributed by atoms with Gasteiger partial charge in [0.2, 0.25) is 0 Å². The van der Waals surface area contributed by atoms with Crippen LogP contribution in [0.1, 0.15) is 24.3 Å². The summed E-state index contributed by atoms with van der Waals surface area (Å²) in [5, 5.41) is 13.9. The molecule has 0 aromatic heterocycles. The van der Waals surface area contributed by atoms with Gasteiger partial charge in [-0.2, -0.15) is 0 Å². The Morgan fingerprint density at radius 3 is 2.85 bits per heavy atom. The van der Waals surface area contributed by atoms with Crippen molar-refractivity contribution in [2.24, 2.45) is 4.99 Å². The van der Waals surface area contributed by atoms with E-state index < -0.39 is 0 Å². The molecule has 1 aliphatic heterocycles. The van der Waals surface area contributed by atoms with E-state index in [9.17, 15) is 9.90 Å². The maximum Gasteiger partial charge on any atom is 0.170 e. The fourth-order valence-electron chi connectivity index (χ4n) is 2.72. The molecule has 5 heteroatoms. The summed E-state index contributed by atoms with van der Waals surface area (Å²) in [5.41, 5.74) is 1.35. The van der Waals surface area contributed by atoms with E-state index in [1.54, 1.807) is 6.07 Å². The standard InChI is InChI=1S/C15H15ClN2O2/c16-11-3-1-2-9(6-11)10-7-12(19)14(13(20)8-10)15-17-4-5-18-15/h1-3,6,10,19H,4-5,7-8H2,(H,17,18). The number of hydrogen-bond acceptors (Lipinski definition) is 4. The number of aliphatic imine (C=N–C) groups is 1. The molecule has 0 bridgehead atoms. The Hall–Kier alpha value is -1.81. The van der Waals surface area contributed by atoms with Gasteiger partial charge < -0.3 is 10.4 Å². The molecule has 104 valence electrons. The molecule has 3 rings (SSSR count). The highest BCUT2D eigenvalue weighted by molar-refractivity contribution is 6.30. The second kappa shape index (κ2) is 5.29. The first kappa shape index (κ1) is 13.2. The Kier molecular flexibility index (Phi) is 3.49. The van der Waals surface area contributed by atoms with Gasteiger partial charge in [0, 0.05) is 24.4 Å². The van der Waals surface area contributed by atoms with Crippen LogP contribution in [-0.4, -0.2) is 29.8 Å². The van der Waals surface area contributed by atoms with Crippen molar-refractivity contribution in [2.45, 2.75) is 18.8 Å². The number of ketones is 1. The van der Waals surface area contributed by atoms with Crippen molar-refractivity contribution in [3.05, 3.63) is 46.2 Å². The van der Waals surface area contributed by atoms with Crippen LogP contribution >= 0.6 is 11.6 Å². The van der Waals surface area contributed by atoms with Crippen molar-refractivity contribution < 1.29 is 9.90 Å². The Morgan fingerprint density at radius 2 is 2.20 bits per heavy atom. The average molecular weight is 291 g/mol. The number of Topliss-reactive ketones (excluding diaryl/α,β-unsaturated/α-hetero) is 1. The Labute approximate surface area is 122 Å². The SMILES string of the molecule is O=C1CC(c2cccc(Cl)c2)CC(O)=C1C1=NCCN1. The van der Waals surface area contributed by atoms with E-state index in [0.717, 1.165) is 12.1 Å². The largest absolute Gasteiger partial charge is 0.511 e. The van der Waals surface area contributed by atoms with E-state index in [2.05, 4.69) is 10.3 Å². The summed E-state index contributed by atoms with van der Waals surface area (Å²) in [6.07, 6.45) is 0.822. The second-order valence-corrected chi connectivity index (χ2v) is 5.50. The van der Waals surface area contributed by atoms with Crippen LogP contribution in [-0.2, 0) is 4.79 Å².